The van der Waals surface area contributed by atoms with Crippen LogP contribution in [0.1, 0.15) is 11.1 Å². The Morgan fingerprint density at radius 2 is 2.06 bits per heavy atom. The SMILES string of the molecule is C=CCN1C(=O)N/C(=C/c2cc(Cl)c(OCc3cccc([N+](=O)[O-])c3)c(OC)c2)C1=O. The highest BCUT2D eigenvalue weighted by Crippen LogP contribution is 2.37. The van der Waals surface area contributed by atoms with Gasteiger partial charge in [-0.3, -0.25) is 19.8 Å². The molecule has 1 fully saturated rings. The van der Waals surface area contributed by atoms with E-state index >= 15 is 0 Å². The average molecular weight is 444 g/mol. The summed E-state index contributed by atoms with van der Waals surface area (Å²) in [6, 6.07) is 8.66. The zero-order valence-electron chi connectivity index (χ0n) is 16.5. The Balaban J connectivity index is 1.83. The number of urea groups is 1. The van der Waals surface area contributed by atoms with Crippen LogP contribution in [-0.2, 0) is 11.4 Å². The quantitative estimate of drug-likeness (QED) is 0.218. The second-order valence-corrected chi connectivity index (χ2v) is 6.85. The minimum Gasteiger partial charge on any atom is -0.493 e. The molecule has 31 heavy (non-hydrogen) atoms. The first-order valence-electron chi connectivity index (χ1n) is 9.03. The number of benzene rings is 2. The van der Waals surface area contributed by atoms with E-state index in [4.69, 9.17) is 21.1 Å². The first-order chi connectivity index (χ1) is 14.8. The summed E-state index contributed by atoms with van der Waals surface area (Å²) < 4.78 is 11.1. The normalized spacial score (nSPS) is 14.5. The number of nitrogens with one attached hydrogen (secondary N) is 1. The van der Waals surface area contributed by atoms with Crippen molar-refractivity contribution in [2.45, 2.75) is 6.61 Å². The average Bonchev–Trinajstić information content (AvgIpc) is 3.00. The standard InChI is InChI=1S/C21H18ClN3O6/c1-3-7-24-20(26)17(23-21(24)27)10-14-9-16(22)19(18(11-14)30-2)31-12-13-5-4-6-15(8-13)25(28)29/h3-6,8-11H,1,7,12H2,2H3,(H,23,27)/b17-10+. The van der Waals surface area contributed by atoms with Crippen molar-refractivity contribution in [2.24, 2.45) is 0 Å². The van der Waals surface area contributed by atoms with Gasteiger partial charge in [0, 0.05) is 18.7 Å². The van der Waals surface area contributed by atoms with Crippen LogP contribution in [0.2, 0.25) is 5.02 Å². The van der Waals surface area contributed by atoms with Crippen LogP contribution in [0.3, 0.4) is 0 Å². The number of methoxy groups -OCH3 is 1. The minimum atomic E-state index is -0.536. The predicted octanol–water partition coefficient (Wildman–Crippen LogP) is 3.91. The molecule has 0 atom stereocenters. The molecule has 0 spiro atoms. The van der Waals surface area contributed by atoms with E-state index in [1.54, 1.807) is 24.3 Å². The minimum absolute atomic E-state index is 0.0310. The molecule has 9 nitrogen and oxygen atoms in total. The number of ether oxygens (including phenoxy) is 2. The number of hydrogen-bond donors (Lipinski definition) is 1. The van der Waals surface area contributed by atoms with Crippen molar-refractivity contribution >= 4 is 35.3 Å². The smallest absolute Gasteiger partial charge is 0.329 e. The number of carbonyl (C=O) groups excluding carboxylic acids is 2. The van der Waals surface area contributed by atoms with E-state index in [2.05, 4.69) is 11.9 Å². The Morgan fingerprint density at radius 1 is 1.29 bits per heavy atom. The van der Waals surface area contributed by atoms with Crippen LogP contribution in [0.25, 0.3) is 6.08 Å². The van der Waals surface area contributed by atoms with E-state index in [0.717, 1.165) is 4.90 Å². The Labute approximate surface area is 182 Å². The number of carbonyl (C=O) groups is 2. The van der Waals surface area contributed by atoms with Gasteiger partial charge in [0.1, 0.15) is 12.3 Å². The van der Waals surface area contributed by atoms with Gasteiger partial charge in [0.15, 0.2) is 11.5 Å². The maximum Gasteiger partial charge on any atom is 0.329 e. The third-order valence-corrected chi connectivity index (χ3v) is 4.62. The zero-order chi connectivity index (χ0) is 22.5. The summed E-state index contributed by atoms with van der Waals surface area (Å²) in [5, 5.41) is 13.6. The molecule has 10 heteroatoms. The lowest BCUT2D eigenvalue weighted by Crippen LogP contribution is -2.30. The predicted molar refractivity (Wildman–Crippen MR) is 114 cm³/mol. The van der Waals surface area contributed by atoms with E-state index in [0.29, 0.717) is 16.9 Å². The number of nitrogens with zero attached hydrogens (tertiary/aromatic N) is 2. The van der Waals surface area contributed by atoms with Crippen LogP contribution >= 0.6 is 11.6 Å². The van der Waals surface area contributed by atoms with Crippen molar-refractivity contribution in [2.75, 3.05) is 13.7 Å². The molecule has 0 bridgehead atoms. The lowest BCUT2D eigenvalue weighted by molar-refractivity contribution is -0.384. The summed E-state index contributed by atoms with van der Waals surface area (Å²) in [5.41, 5.74) is 1.14. The first kappa shape index (κ1) is 21.8. The van der Waals surface area contributed by atoms with E-state index < -0.39 is 16.9 Å². The van der Waals surface area contributed by atoms with Crippen molar-refractivity contribution in [1.82, 2.24) is 10.2 Å². The second kappa shape index (κ2) is 9.31. The Hall–Kier alpha value is -3.85. The van der Waals surface area contributed by atoms with Crippen molar-refractivity contribution in [3.63, 3.8) is 0 Å². The highest BCUT2D eigenvalue weighted by molar-refractivity contribution is 6.32. The molecule has 0 aliphatic carbocycles. The lowest BCUT2D eigenvalue weighted by atomic mass is 10.1. The Morgan fingerprint density at radius 3 is 2.74 bits per heavy atom. The Kier molecular flexibility index (Phi) is 6.56. The van der Waals surface area contributed by atoms with Crippen LogP contribution < -0.4 is 14.8 Å². The maximum absolute atomic E-state index is 12.3. The molecule has 0 saturated carbocycles. The molecule has 3 amide bonds. The number of rotatable bonds is 8. The molecule has 2 aromatic rings. The summed E-state index contributed by atoms with van der Waals surface area (Å²) in [4.78, 5) is 35.7. The van der Waals surface area contributed by atoms with Crippen LogP contribution in [0, 0.1) is 10.1 Å². The molecule has 1 saturated heterocycles. The van der Waals surface area contributed by atoms with Crippen molar-refractivity contribution < 1.29 is 24.0 Å². The van der Waals surface area contributed by atoms with E-state index in [1.165, 1.54) is 31.4 Å². The number of amides is 3. The maximum atomic E-state index is 12.3. The summed E-state index contributed by atoms with van der Waals surface area (Å²) in [7, 11) is 1.43. The fraction of sp³-hybridized carbons (Fsp3) is 0.143. The van der Waals surface area contributed by atoms with Crippen LogP contribution in [-0.4, -0.2) is 35.4 Å². The molecule has 1 aliphatic heterocycles. The van der Waals surface area contributed by atoms with Gasteiger partial charge in [-0.25, -0.2) is 4.79 Å². The fourth-order valence-corrected chi connectivity index (χ4v) is 3.19. The number of halogens is 1. The molecule has 0 unspecified atom stereocenters. The summed E-state index contributed by atoms with van der Waals surface area (Å²) in [5.74, 6) is 0.0587. The third kappa shape index (κ3) is 4.84. The van der Waals surface area contributed by atoms with E-state index in [-0.39, 0.29) is 35.3 Å². The molecule has 3 rings (SSSR count). The topological polar surface area (TPSA) is 111 Å². The van der Waals surface area contributed by atoms with Gasteiger partial charge in [-0.05, 0) is 29.3 Å². The van der Waals surface area contributed by atoms with Gasteiger partial charge < -0.3 is 14.8 Å². The number of imide groups is 1. The highest BCUT2D eigenvalue weighted by atomic mass is 35.5. The van der Waals surface area contributed by atoms with Crippen LogP contribution in [0.5, 0.6) is 11.5 Å². The number of nitro groups is 1. The van der Waals surface area contributed by atoms with Gasteiger partial charge in [0.2, 0.25) is 0 Å². The van der Waals surface area contributed by atoms with Crippen LogP contribution in [0.15, 0.2) is 54.8 Å². The number of hydrogen-bond acceptors (Lipinski definition) is 6. The molecule has 1 aliphatic rings. The van der Waals surface area contributed by atoms with Crippen molar-refractivity contribution in [3.05, 3.63) is 81.0 Å². The summed E-state index contributed by atoms with van der Waals surface area (Å²) >= 11 is 6.35. The highest BCUT2D eigenvalue weighted by Gasteiger charge is 2.32. The van der Waals surface area contributed by atoms with Gasteiger partial charge >= 0.3 is 6.03 Å². The van der Waals surface area contributed by atoms with Crippen molar-refractivity contribution in [3.8, 4) is 11.5 Å². The van der Waals surface area contributed by atoms with Gasteiger partial charge in [0.05, 0.1) is 17.1 Å². The van der Waals surface area contributed by atoms with Gasteiger partial charge in [-0.2, -0.15) is 0 Å². The van der Waals surface area contributed by atoms with Gasteiger partial charge in [-0.1, -0.05) is 29.8 Å². The molecule has 0 radical (unpaired) electrons. The molecule has 160 valence electrons. The zero-order valence-corrected chi connectivity index (χ0v) is 17.2. The second-order valence-electron chi connectivity index (χ2n) is 6.44. The third-order valence-electron chi connectivity index (χ3n) is 4.34. The number of non-ortho nitro benzene ring substituents is 1. The Bertz CT molecular complexity index is 1100. The monoisotopic (exact) mass is 443 g/mol. The molecule has 0 aromatic heterocycles. The fourth-order valence-electron chi connectivity index (χ4n) is 2.91. The molecular formula is C21H18ClN3O6. The summed E-state index contributed by atoms with van der Waals surface area (Å²) in [6.45, 7) is 3.65. The van der Waals surface area contributed by atoms with Crippen LogP contribution in [0.4, 0.5) is 10.5 Å². The van der Waals surface area contributed by atoms with Crippen molar-refractivity contribution in [1.29, 1.82) is 0 Å². The van der Waals surface area contributed by atoms with E-state index in [9.17, 15) is 19.7 Å². The van der Waals surface area contributed by atoms with Gasteiger partial charge in [0.25, 0.3) is 11.6 Å². The molecule has 1 N–H and O–H groups in total. The molecule has 2 aromatic carbocycles. The number of nitro benzene ring substituents is 1. The van der Waals surface area contributed by atoms with E-state index in [1.807, 2.05) is 0 Å². The largest absolute Gasteiger partial charge is 0.493 e. The first-order valence-corrected chi connectivity index (χ1v) is 9.41. The lowest BCUT2D eigenvalue weighted by Gasteiger charge is -2.13. The summed E-state index contributed by atoms with van der Waals surface area (Å²) in [6.07, 6.45) is 2.93. The van der Waals surface area contributed by atoms with Gasteiger partial charge in [-0.15, -0.1) is 6.58 Å². The molecule has 1 heterocycles. The molecular weight excluding hydrogens is 426 g/mol.